The smallest absolute Gasteiger partial charge is 0.336 e. The number of carboxylic acids is 1. The Morgan fingerprint density at radius 1 is 1.04 bits per heavy atom. The van der Waals surface area contributed by atoms with Crippen LogP contribution in [0.15, 0.2) is 42.5 Å². The second kappa shape index (κ2) is 6.20. The van der Waals surface area contributed by atoms with E-state index >= 15 is 0 Å². The molecule has 3 rings (SSSR count). The highest BCUT2D eigenvalue weighted by atomic mass is 16.5. The van der Waals surface area contributed by atoms with E-state index < -0.39 is 5.97 Å². The standard InChI is InChI=1S/C19H17NO4/c1-11-6-4-5-7-12(11)14-10-13(19(21)22)17-15(23-2)8-9-16(24-3)18(17)20-14/h4-10H,1-3H3,(H,21,22). The van der Waals surface area contributed by atoms with Crippen molar-refractivity contribution in [2.75, 3.05) is 14.2 Å². The molecule has 24 heavy (non-hydrogen) atoms. The summed E-state index contributed by atoms with van der Waals surface area (Å²) in [6.07, 6.45) is 0. The Balaban J connectivity index is 2.43. The van der Waals surface area contributed by atoms with Gasteiger partial charge in [-0.15, -0.1) is 0 Å². The molecule has 0 fully saturated rings. The first-order valence-corrected chi connectivity index (χ1v) is 7.42. The summed E-state index contributed by atoms with van der Waals surface area (Å²) in [6.45, 7) is 1.96. The van der Waals surface area contributed by atoms with Gasteiger partial charge in [0.2, 0.25) is 0 Å². The number of aromatic carboxylic acids is 1. The van der Waals surface area contributed by atoms with Crippen molar-refractivity contribution >= 4 is 16.9 Å². The first kappa shape index (κ1) is 15.8. The molecule has 0 aliphatic carbocycles. The van der Waals surface area contributed by atoms with Crippen LogP contribution in [0.25, 0.3) is 22.2 Å². The monoisotopic (exact) mass is 323 g/mol. The van der Waals surface area contributed by atoms with Gasteiger partial charge in [-0.3, -0.25) is 0 Å². The molecule has 2 aromatic carbocycles. The molecule has 1 heterocycles. The summed E-state index contributed by atoms with van der Waals surface area (Å²) in [5.74, 6) is -0.0837. The highest BCUT2D eigenvalue weighted by molar-refractivity contribution is 6.08. The van der Waals surface area contributed by atoms with Gasteiger partial charge in [-0.2, -0.15) is 0 Å². The zero-order valence-electron chi connectivity index (χ0n) is 13.7. The number of carbonyl (C=O) groups is 1. The van der Waals surface area contributed by atoms with Crippen molar-refractivity contribution in [2.45, 2.75) is 6.92 Å². The lowest BCUT2D eigenvalue weighted by Gasteiger charge is -2.14. The molecule has 0 saturated heterocycles. The Labute approximate surface area is 139 Å². The summed E-state index contributed by atoms with van der Waals surface area (Å²) in [5, 5.41) is 10.1. The fourth-order valence-electron chi connectivity index (χ4n) is 2.79. The van der Waals surface area contributed by atoms with Gasteiger partial charge in [-0.25, -0.2) is 9.78 Å². The minimum absolute atomic E-state index is 0.133. The van der Waals surface area contributed by atoms with E-state index in [9.17, 15) is 9.90 Å². The number of fused-ring (bicyclic) bond motifs is 1. The Morgan fingerprint density at radius 2 is 1.71 bits per heavy atom. The molecule has 0 radical (unpaired) electrons. The van der Waals surface area contributed by atoms with Crippen molar-refractivity contribution in [1.82, 2.24) is 4.98 Å². The van der Waals surface area contributed by atoms with E-state index in [4.69, 9.17) is 9.47 Å². The van der Waals surface area contributed by atoms with Gasteiger partial charge >= 0.3 is 5.97 Å². The highest BCUT2D eigenvalue weighted by Crippen LogP contribution is 2.37. The number of ether oxygens (including phenoxy) is 2. The summed E-state index contributed by atoms with van der Waals surface area (Å²) < 4.78 is 10.7. The van der Waals surface area contributed by atoms with Gasteiger partial charge in [0.25, 0.3) is 0 Å². The van der Waals surface area contributed by atoms with Crippen LogP contribution in [-0.4, -0.2) is 30.3 Å². The van der Waals surface area contributed by atoms with E-state index in [1.165, 1.54) is 14.2 Å². The Bertz CT molecular complexity index is 934. The van der Waals surface area contributed by atoms with Crippen molar-refractivity contribution in [3.05, 3.63) is 53.6 Å². The fraction of sp³-hybridized carbons (Fsp3) is 0.158. The van der Waals surface area contributed by atoms with E-state index in [1.54, 1.807) is 18.2 Å². The molecule has 0 unspecified atom stereocenters. The first-order chi connectivity index (χ1) is 11.6. The van der Waals surface area contributed by atoms with Crippen LogP contribution in [0.3, 0.4) is 0 Å². The van der Waals surface area contributed by atoms with Crippen LogP contribution >= 0.6 is 0 Å². The number of methoxy groups -OCH3 is 2. The van der Waals surface area contributed by atoms with E-state index in [2.05, 4.69) is 4.98 Å². The summed E-state index contributed by atoms with van der Waals surface area (Å²) >= 11 is 0. The summed E-state index contributed by atoms with van der Waals surface area (Å²) in [6, 6.07) is 12.7. The van der Waals surface area contributed by atoms with Crippen LogP contribution in [0.4, 0.5) is 0 Å². The normalized spacial score (nSPS) is 10.6. The zero-order chi connectivity index (χ0) is 17.3. The largest absolute Gasteiger partial charge is 0.496 e. The molecular weight excluding hydrogens is 306 g/mol. The molecule has 3 aromatic rings. The number of hydrogen-bond acceptors (Lipinski definition) is 4. The first-order valence-electron chi connectivity index (χ1n) is 7.42. The fourth-order valence-corrected chi connectivity index (χ4v) is 2.79. The molecule has 1 N–H and O–H groups in total. The second-order valence-electron chi connectivity index (χ2n) is 5.37. The van der Waals surface area contributed by atoms with Crippen molar-refractivity contribution < 1.29 is 19.4 Å². The summed E-state index contributed by atoms with van der Waals surface area (Å²) in [5.41, 5.74) is 3.09. The lowest BCUT2D eigenvalue weighted by molar-refractivity contribution is 0.0698. The third kappa shape index (κ3) is 2.54. The van der Waals surface area contributed by atoms with Gasteiger partial charge in [0.15, 0.2) is 0 Å². The molecule has 0 aliphatic heterocycles. The van der Waals surface area contributed by atoms with Gasteiger partial charge in [-0.05, 0) is 30.7 Å². The van der Waals surface area contributed by atoms with Gasteiger partial charge in [0, 0.05) is 5.56 Å². The number of pyridine rings is 1. The molecule has 5 heteroatoms. The quantitative estimate of drug-likeness (QED) is 0.788. The number of hydrogen-bond donors (Lipinski definition) is 1. The lowest BCUT2D eigenvalue weighted by atomic mass is 10.0. The molecule has 0 aliphatic rings. The predicted octanol–water partition coefficient (Wildman–Crippen LogP) is 3.93. The maximum Gasteiger partial charge on any atom is 0.336 e. The van der Waals surface area contributed by atoms with Crippen LogP contribution in [0.2, 0.25) is 0 Å². The van der Waals surface area contributed by atoms with Crippen molar-refractivity contribution in [3.63, 3.8) is 0 Å². The number of aryl methyl sites for hydroxylation is 1. The number of aromatic nitrogens is 1. The Kier molecular flexibility index (Phi) is 4.08. The van der Waals surface area contributed by atoms with Gasteiger partial charge in [0.05, 0.1) is 30.9 Å². The second-order valence-corrected chi connectivity index (χ2v) is 5.37. The van der Waals surface area contributed by atoms with Crippen molar-refractivity contribution in [2.24, 2.45) is 0 Å². The van der Waals surface area contributed by atoms with Crippen LogP contribution < -0.4 is 9.47 Å². The molecule has 5 nitrogen and oxygen atoms in total. The maximum atomic E-state index is 11.8. The molecular formula is C19H17NO4. The molecule has 0 atom stereocenters. The van der Waals surface area contributed by atoms with Crippen molar-refractivity contribution in [1.29, 1.82) is 0 Å². The van der Waals surface area contributed by atoms with E-state index in [0.29, 0.717) is 28.1 Å². The average molecular weight is 323 g/mol. The molecule has 0 amide bonds. The van der Waals surface area contributed by atoms with E-state index in [1.807, 2.05) is 31.2 Å². The minimum Gasteiger partial charge on any atom is -0.496 e. The molecule has 122 valence electrons. The third-order valence-corrected chi connectivity index (χ3v) is 3.98. The van der Waals surface area contributed by atoms with Crippen LogP contribution in [-0.2, 0) is 0 Å². The number of benzene rings is 2. The molecule has 0 spiro atoms. The third-order valence-electron chi connectivity index (χ3n) is 3.98. The SMILES string of the molecule is COc1ccc(OC)c2c(C(=O)O)cc(-c3ccccc3C)nc12. The lowest BCUT2D eigenvalue weighted by Crippen LogP contribution is -2.03. The Morgan fingerprint density at radius 3 is 2.33 bits per heavy atom. The van der Waals surface area contributed by atoms with Crippen LogP contribution in [0.1, 0.15) is 15.9 Å². The topological polar surface area (TPSA) is 68.7 Å². The highest BCUT2D eigenvalue weighted by Gasteiger charge is 2.20. The van der Waals surface area contributed by atoms with Gasteiger partial charge in [-0.1, -0.05) is 24.3 Å². The molecule has 0 bridgehead atoms. The number of carboxylic acid groups (broad SMARTS) is 1. The van der Waals surface area contributed by atoms with Gasteiger partial charge in [0.1, 0.15) is 17.0 Å². The predicted molar refractivity (Wildman–Crippen MR) is 92.0 cm³/mol. The van der Waals surface area contributed by atoms with Gasteiger partial charge < -0.3 is 14.6 Å². The van der Waals surface area contributed by atoms with Crippen LogP contribution in [0, 0.1) is 6.92 Å². The molecule has 1 aromatic heterocycles. The minimum atomic E-state index is -1.04. The Hall–Kier alpha value is -3.08. The van der Waals surface area contributed by atoms with Crippen LogP contribution in [0.5, 0.6) is 11.5 Å². The average Bonchev–Trinajstić information content (AvgIpc) is 2.60. The zero-order valence-corrected chi connectivity index (χ0v) is 13.7. The molecule has 0 saturated carbocycles. The van der Waals surface area contributed by atoms with E-state index in [0.717, 1.165) is 11.1 Å². The number of rotatable bonds is 4. The maximum absolute atomic E-state index is 11.8. The summed E-state index contributed by atoms with van der Waals surface area (Å²) in [4.78, 5) is 16.5. The van der Waals surface area contributed by atoms with E-state index in [-0.39, 0.29) is 5.56 Å². The van der Waals surface area contributed by atoms with Crippen molar-refractivity contribution in [3.8, 4) is 22.8 Å². The summed E-state index contributed by atoms with van der Waals surface area (Å²) in [7, 11) is 3.03. The number of nitrogens with zero attached hydrogens (tertiary/aromatic N) is 1.